The summed E-state index contributed by atoms with van der Waals surface area (Å²) in [5, 5.41) is 1.18. The number of rotatable bonds is 2. The molecule has 0 bridgehead atoms. The van der Waals surface area contributed by atoms with Gasteiger partial charge in [-0.25, -0.2) is 0 Å². The zero-order chi connectivity index (χ0) is 13.7. The van der Waals surface area contributed by atoms with Crippen LogP contribution in [0.15, 0.2) is 36.7 Å². The van der Waals surface area contributed by atoms with Crippen LogP contribution in [0.25, 0.3) is 5.00 Å². The van der Waals surface area contributed by atoms with Crippen LogP contribution in [0.3, 0.4) is 0 Å². The Hall–Kier alpha value is -1.04. The zero-order valence-corrected chi connectivity index (χ0v) is 12.5. The number of aromatic nitrogens is 1. The van der Waals surface area contributed by atoms with Crippen molar-refractivity contribution in [3.05, 3.63) is 36.7 Å². The minimum Gasteiger partial charge on any atom is -0.399 e. The second-order valence-corrected chi connectivity index (χ2v) is 6.95. The first kappa shape index (κ1) is 13.0. The molecule has 3 nitrogen and oxygen atoms in total. The Morgan fingerprint density at radius 1 is 1.00 bits per heavy atom. The van der Waals surface area contributed by atoms with Crippen molar-refractivity contribution in [3.63, 3.8) is 0 Å². The van der Waals surface area contributed by atoms with Gasteiger partial charge in [0.15, 0.2) is 0 Å². The Morgan fingerprint density at radius 3 is 2.16 bits per heavy atom. The van der Waals surface area contributed by atoms with E-state index in [1.807, 2.05) is 24.5 Å². The summed E-state index contributed by atoms with van der Waals surface area (Å²) in [5.74, 6) is 0. The van der Waals surface area contributed by atoms with Crippen LogP contribution in [0.2, 0.25) is 0 Å². The fourth-order valence-electron chi connectivity index (χ4n) is 2.05. The van der Waals surface area contributed by atoms with E-state index in [1.165, 1.54) is 5.00 Å². The van der Waals surface area contributed by atoms with Gasteiger partial charge in [-0.05, 0) is 52.0 Å². The highest BCUT2D eigenvalue weighted by Gasteiger charge is 2.52. The van der Waals surface area contributed by atoms with Crippen molar-refractivity contribution in [1.82, 2.24) is 4.57 Å². The van der Waals surface area contributed by atoms with E-state index >= 15 is 0 Å². The Balaban J connectivity index is 1.85. The first-order valence-electron chi connectivity index (χ1n) is 6.48. The third-order valence-corrected chi connectivity index (χ3v) is 5.08. The Morgan fingerprint density at radius 2 is 1.58 bits per heavy atom. The van der Waals surface area contributed by atoms with E-state index in [9.17, 15) is 0 Å². The van der Waals surface area contributed by atoms with Crippen molar-refractivity contribution < 1.29 is 9.31 Å². The molecule has 2 aromatic rings. The van der Waals surface area contributed by atoms with Crippen LogP contribution in [0.4, 0.5) is 0 Å². The molecule has 0 radical (unpaired) electrons. The number of hydrogen-bond donors (Lipinski definition) is 0. The minimum absolute atomic E-state index is 0.265. The Bertz CT molecular complexity index is 558. The van der Waals surface area contributed by atoms with Gasteiger partial charge in [0.05, 0.1) is 16.2 Å². The number of thiophene rings is 1. The fraction of sp³-hybridized carbons (Fsp3) is 0.429. The maximum Gasteiger partial charge on any atom is 0.505 e. The Kier molecular flexibility index (Phi) is 2.89. The van der Waals surface area contributed by atoms with Gasteiger partial charge >= 0.3 is 7.12 Å². The lowest BCUT2D eigenvalue weighted by Gasteiger charge is -2.32. The predicted molar refractivity (Wildman–Crippen MR) is 79.4 cm³/mol. The molecule has 0 N–H and O–H groups in total. The van der Waals surface area contributed by atoms with E-state index in [0.29, 0.717) is 0 Å². The molecule has 0 amide bonds. The molecule has 3 rings (SSSR count). The molecule has 0 aromatic carbocycles. The van der Waals surface area contributed by atoms with Gasteiger partial charge in [-0.15, -0.1) is 11.3 Å². The molecule has 0 atom stereocenters. The summed E-state index contributed by atoms with van der Waals surface area (Å²) in [6, 6.07) is 8.23. The molecular weight excluding hydrogens is 257 g/mol. The summed E-state index contributed by atoms with van der Waals surface area (Å²) in [6.45, 7) is 8.31. The normalized spacial score (nSPS) is 20.9. The maximum absolute atomic E-state index is 6.06. The van der Waals surface area contributed by atoms with Crippen molar-refractivity contribution in [1.29, 1.82) is 0 Å². The first-order chi connectivity index (χ1) is 8.89. The summed E-state index contributed by atoms with van der Waals surface area (Å²) in [4.78, 5) is 0. The van der Waals surface area contributed by atoms with Gasteiger partial charge in [0, 0.05) is 17.2 Å². The van der Waals surface area contributed by atoms with Crippen molar-refractivity contribution in [2.75, 3.05) is 0 Å². The summed E-state index contributed by atoms with van der Waals surface area (Å²) >= 11 is 1.70. The highest BCUT2D eigenvalue weighted by Crippen LogP contribution is 2.37. The lowest BCUT2D eigenvalue weighted by molar-refractivity contribution is 0.00578. The second kappa shape index (κ2) is 4.23. The molecule has 19 heavy (non-hydrogen) atoms. The predicted octanol–water partition coefficient (Wildman–Crippen LogP) is 2.84. The Labute approximate surface area is 118 Å². The van der Waals surface area contributed by atoms with Crippen LogP contribution in [0.5, 0.6) is 0 Å². The van der Waals surface area contributed by atoms with Crippen molar-refractivity contribution >= 4 is 23.2 Å². The van der Waals surface area contributed by atoms with E-state index < -0.39 is 0 Å². The topological polar surface area (TPSA) is 23.4 Å². The van der Waals surface area contributed by atoms with Crippen molar-refractivity contribution in [2.45, 2.75) is 38.9 Å². The molecule has 1 saturated heterocycles. The highest BCUT2D eigenvalue weighted by atomic mass is 32.1. The van der Waals surface area contributed by atoms with Gasteiger partial charge in [-0.1, -0.05) is 0 Å². The molecule has 0 saturated carbocycles. The molecule has 0 aliphatic carbocycles. The van der Waals surface area contributed by atoms with Gasteiger partial charge in [-0.2, -0.15) is 0 Å². The average Bonchev–Trinajstić information content (AvgIpc) is 3.00. The maximum atomic E-state index is 6.06. The van der Waals surface area contributed by atoms with E-state index in [4.69, 9.17) is 9.31 Å². The summed E-state index contributed by atoms with van der Waals surface area (Å²) in [6.07, 6.45) is 4.08. The third kappa shape index (κ3) is 2.16. The number of nitrogens with zero attached hydrogens (tertiary/aromatic N) is 1. The van der Waals surface area contributed by atoms with Crippen LogP contribution < -0.4 is 4.78 Å². The van der Waals surface area contributed by atoms with Gasteiger partial charge in [-0.3, -0.25) is 0 Å². The molecule has 0 unspecified atom stereocenters. The molecule has 1 aliphatic rings. The van der Waals surface area contributed by atoms with E-state index in [1.54, 1.807) is 11.3 Å². The van der Waals surface area contributed by atoms with Gasteiger partial charge in [0.2, 0.25) is 0 Å². The standard InChI is InChI=1S/C14H18BNO2S/c1-13(2)14(3,4)18-15(17-13)11-7-8-12(19-11)16-9-5-6-10-16/h5-10H,1-4H3. The lowest BCUT2D eigenvalue weighted by Crippen LogP contribution is -2.41. The SMILES string of the molecule is CC1(C)OB(c2ccc(-n3cccc3)s2)OC1(C)C. The summed E-state index contributed by atoms with van der Waals surface area (Å²) in [7, 11) is -0.265. The summed E-state index contributed by atoms with van der Waals surface area (Å²) < 4.78 is 15.3. The van der Waals surface area contributed by atoms with E-state index in [-0.39, 0.29) is 18.3 Å². The van der Waals surface area contributed by atoms with Crippen molar-refractivity contribution in [2.24, 2.45) is 0 Å². The van der Waals surface area contributed by atoms with E-state index in [0.717, 1.165) is 4.78 Å². The average molecular weight is 275 g/mol. The van der Waals surface area contributed by atoms with Gasteiger partial charge in [0.1, 0.15) is 0 Å². The lowest BCUT2D eigenvalue weighted by atomic mass is 9.88. The van der Waals surface area contributed by atoms with Crippen LogP contribution in [0.1, 0.15) is 27.7 Å². The second-order valence-electron chi connectivity index (χ2n) is 5.85. The van der Waals surface area contributed by atoms with Crippen molar-refractivity contribution in [3.8, 4) is 5.00 Å². The van der Waals surface area contributed by atoms with Gasteiger partial charge < -0.3 is 13.9 Å². The molecule has 2 aromatic heterocycles. The molecular formula is C14H18BNO2S. The molecule has 0 spiro atoms. The number of hydrogen-bond acceptors (Lipinski definition) is 3. The first-order valence-corrected chi connectivity index (χ1v) is 7.29. The third-order valence-electron chi connectivity index (χ3n) is 3.96. The quantitative estimate of drug-likeness (QED) is 0.787. The van der Waals surface area contributed by atoms with Gasteiger partial charge in [0.25, 0.3) is 0 Å². The zero-order valence-electron chi connectivity index (χ0n) is 11.7. The fourth-order valence-corrected chi connectivity index (χ4v) is 2.98. The van der Waals surface area contributed by atoms with Crippen LogP contribution in [-0.4, -0.2) is 22.9 Å². The molecule has 3 heterocycles. The minimum atomic E-state index is -0.282. The van der Waals surface area contributed by atoms with Crippen LogP contribution in [0, 0.1) is 0 Å². The molecule has 1 fully saturated rings. The summed E-state index contributed by atoms with van der Waals surface area (Å²) in [5.41, 5.74) is -0.565. The van der Waals surface area contributed by atoms with Crippen LogP contribution in [-0.2, 0) is 9.31 Å². The van der Waals surface area contributed by atoms with Crippen LogP contribution >= 0.6 is 11.3 Å². The molecule has 100 valence electrons. The molecule has 1 aliphatic heterocycles. The highest BCUT2D eigenvalue weighted by molar-refractivity contribution is 7.24. The largest absolute Gasteiger partial charge is 0.505 e. The molecule has 5 heteroatoms. The monoisotopic (exact) mass is 275 g/mol. The smallest absolute Gasteiger partial charge is 0.399 e. The van der Waals surface area contributed by atoms with E-state index in [2.05, 4.69) is 44.4 Å².